The van der Waals surface area contributed by atoms with Crippen LogP contribution in [0, 0.1) is 6.92 Å². The van der Waals surface area contributed by atoms with Gasteiger partial charge in [-0.25, -0.2) is 4.98 Å². The van der Waals surface area contributed by atoms with Gasteiger partial charge < -0.3 is 0 Å². The second-order valence-electron chi connectivity index (χ2n) is 2.34. The maximum absolute atomic E-state index is 4.35. The third-order valence-corrected chi connectivity index (χ3v) is 3.00. The van der Waals surface area contributed by atoms with Crippen LogP contribution in [0.3, 0.4) is 0 Å². The quantitative estimate of drug-likeness (QED) is 0.720. The predicted molar refractivity (Wildman–Crippen MR) is 53.9 cm³/mol. The molecule has 0 aliphatic heterocycles. The first kappa shape index (κ1) is 8.94. The van der Waals surface area contributed by atoms with Gasteiger partial charge >= 0.3 is 0 Å². The lowest BCUT2D eigenvalue weighted by Crippen LogP contribution is -1.80. The SMILES string of the molecule is CC=C(C)c1nc(Br)sc1C. The van der Waals surface area contributed by atoms with E-state index in [-0.39, 0.29) is 0 Å². The summed E-state index contributed by atoms with van der Waals surface area (Å²) in [7, 11) is 0. The summed E-state index contributed by atoms with van der Waals surface area (Å²) >= 11 is 5.04. The smallest absolute Gasteiger partial charge is 0.160 e. The fourth-order valence-electron chi connectivity index (χ4n) is 0.867. The Morgan fingerprint density at radius 3 is 2.64 bits per heavy atom. The minimum absolute atomic E-state index is 0.964. The number of hydrogen-bond donors (Lipinski definition) is 0. The first-order valence-electron chi connectivity index (χ1n) is 3.41. The molecule has 1 aromatic rings. The van der Waals surface area contributed by atoms with E-state index in [4.69, 9.17) is 0 Å². The van der Waals surface area contributed by atoms with Gasteiger partial charge in [-0.3, -0.25) is 0 Å². The van der Waals surface area contributed by atoms with Gasteiger partial charge in [0.1, 0.15) is 0 Å². The summed E-state index contributed by atoms with van der Waals surface area (Å²) < 4.78 is 0.964. The second kappa shape index (κ2) is 3.50. The van der Waals surface area contributed by atoms with Crippen molar-refractivity contribution in [2.45, 2.75) is 20.8 Å². The lowest BCUT2D eigenvalue weighted by Gasteiger charge is -1.94. The fraction of sp³-hybridized carbons (Fsp3) is 0.375. The van der Waals surface area contributed by atoms with Crippen molar-refractivity contribution in [3.63, 3.8) is 0 Å². The fourth-order valence-corrected chi connectivity index (χ4v) is 2.47. The maximum Gasteiger partial charge on any atom is 0.160 e. The molecule has 1 nitrogen and oxygen atoms in total. The van der Waals surface area contributed by atoms with Crippen LogP contribution >= 0.6 is 27.3 Å². The van der Waals surface area contributed by atoms with E-state index < -0.39 is 0 Å². The zero-order valence-electron chi connectivity index (χ0n) is 6.81. The Bertz CT molecular complexity index is 288. The van der Waals surface area contributed by atoms with E-state index in [1.165, 1.54) is 10.5 Å². The highest BCUT2D eigenvalue weighted by Crippen LogP contribution is 2.26. The summed E-state index contributed by atoms with van der Waals surface area (Å²) in [6.07, 6.45) is 2.08. The third kappa shape index (κ3) is 1.91. The Hall–Kier alpha value is -0.150. The normalized spacial score (nSPS) is 12.2. The Morgan fingerprint density at radius 1 is 1.64 bits per heavy atom. The number of thiazole rings is 1. The molecule has 0 atom stereocenters. The van der Waals surface area contributed by atoms with Crippen molar-refractivity contribution in [3.8, 4) is 0 Å². The van der Waals surface area contributed by atoms with E-state index in [0.717, 1.165) is 9.61 Å². The first-order chi connectivity index (χ1) is 5.15. The molecule has 0 bridgehead atoms. The number of halogens is 1. The largest absolute Gasteiger partial charge is 0.229 e. The molecule has 60 valence electrons. The van der Waals surface area contributed by atoms with E-state index in [9.17, 15) is 0 Å². The van der Waals surface area contributed by atoms with Crippen molar-refractivity contribution in [2.75, 3.05) is 0 Å². The number of nitrogens with zero attached hydrogens (tertiary/aromatic N) is 1. The molecule has 0 spiro atoms. The van der Waals surface area contributed by atoms with Crippen LogP contribution in [0.2, 0.25) is 0 Å². The molecule has 0 fully saturated rings. The molecule has 3 heteroatoms. The average molecular weight is 232 g/mol. The zero-order valence-corrected chi connectivity index (χ0v) is 9.21. The van der Waals surface area contributed by atoms with Gasteiger partial charge in [0.05, 0.1) is 5.69 Å². The molecule has 0 aliphatic carbocycles. The van der Waals surface area contributed by atoms with Gasteiger partial charge in [-0.15, -0.1) is 11.3 Å². The summed E-state index contributed by atoms with van der Waals surface area (Å²) in [6, 6.07) is 0. The summed E-state index contributed by atoms with van der Waals surface area (Å²) in [5.74, 6) is 0. The van der Waals surface area contributed by atoms with E-state index >= 15 is 0 Å². The molecule has 1 aromatic heterocycles. The van der Waals surface area contributed by atoms with E-state index in [1.54, 1.807) is 11.3 Å². The van der Waals surface area contributed by atoms with Crippen LogP contribution in [0.15, 0.2) is 9.99 Å². The molecular formula is C8H10BrNS. The lowest BCUT2D eigenvalue weighted by molar-refractivity contribution is 1.28. The van der Waals surface area contributed by atoms with Gasteiger partial charge in [-0.05, 0) is 42.3 Å². The average Bonchev–Trinajstić information content (AvgIpc) is 2.28. The van der Waals surface area contributed by atoms with Gasteiger partial charge in [-0.2, -0.15) is 0 Å². The Morgan fingerprint density at radius 2 is 2.27 bits per heavy atom. The van der Waals surface area contributed by atoms with Crippen molar-refractivity contribution in [2.24, 2.45) is 0 Å². The summed E-state index contributed by atoms with van der Waals surface area (Å²) in [5, 5.41) is 0. The van der Waals surface area contributed by atoms with Crippen LogP contribution in [0.1, 0.15) is 24.4 Å². The van der Waals surface area contributed by atoms with Crippen molar-refractivity contribution < 1.29 is 0 Å². The van der Waals surface area contributed by atoms with E-state index in [1.807, 2.05) is 6.92 Å². The molecular weight excluding hydrogens is 222 g/mol. The van der Waals surface area contributed by atoms with Crippen LogP contribution < -0.4 is 0 Å². The number of rotatable bonds is 1. The Labute approximate surface area is 79.3 Å². The van der Waals surface area contributed by atoms with Crippen molar-refractivity contribution in [1.82, 2.24) is 4.98 Å². The molecule has 0 saturated carbocycles. The van der Waals surface area contributed by atoms with Crippen LogP contribution in [0.4, 0.5) is 0 Å². The predicted octanol–water partition coefficient (Wildman–Crippen LogP) is 3.64. The number of hydrogen-bond acceptors (Lipinski definition) is 2. The third-order valence-electron chi connectivity index (χ3n) is 1.58. The molecule has 0 aliphatic rings. The first-order valence-corrected chi connectivity index (χ1v) is 5.02. The molecule has 0 unspecified atom stereocenters. The minimum atomic E-state index is 0.964. The minimum Gasteiger partial charge on any atom is -0.229 e. The second-order valence-corrected chi connectivity index (χ2v) is 4.82. The highest BCUT2D eigenvalue weighted by atomic mass is 79.9. The highest BCUT2D eigenvalue weighted by molar-refractivity contribution is 9.11. The van der Waals surface area contributed by atoms with Gasteiger partial charge in [0.15, 0.2) is 3.92 Å². The van der Waals surface area contributed by atoms with Crippen LogP contribution in [-0.4, -0.2) is 4.98 Å². The number of aryl methyl sites for hydroxylation is 1. The van der Waals surface area contributed by atoms with Gasteiger partial charge in [0.25, 0.3) is 0 Å². The number of allylic oxidation sites excluding steroid dienone is 2. The van der Waals surface area contributed by atoms with Crippen molar-refractivity contribution in [1.29, 1.82) is 0 Å². The standard InChI is InChI=1S/C8H10BrNS/c1-4-5(2)7-6(3)11-8(9)10-7/h4H,1-3H3. The van der Waals surface area contributed by atoms with Gasteiger partial charge in [0, 0.05) is 4.88 Å². The molecule has 11 heavy (non-hydrogen) atoms. The molecule has 0 radical (unpaired) electrons. The van der Waals surface area contributed by atoms with Gasteiger partial charge in [0.2, 0.25) is 0 Å². The molecule has 1 rings (SSSR count). The molecule has 1 heterocycles. The van der Waals surface area contributed by atoms with E-state index in [2.05, 4.69) is 40.8 Å². The van der Waals surface area contributed by atoms with E-state index in [0.29, 0.717) is 0 Å². The van der Waals surface area contributed by atoms with Crippen molar-refractivity contribution in [3.05, 3.63) is 20.6 Å². The monoisotopic (exact) mass is 231 g/mol. The summed E-state index contributed by atoms with van der Waals surface area (Å²) in [5.41, 5.74) is 2.36. The highest BCUT2D eigenvalue weighted by Gasteiger charge is 2.05. The molecule has 0 N–H and O–H groups in total. The van der Waals surface area contributed by atoms with Crippen LogP contribution in [-0.2, 0) is 0 Å². The molecule has 0 saturated heterocycles. The van der Waals surface area contributed by atoms with Crippen LogP contribution in [0.25, 0.3) is 5.57 Å². The van der Waals surface area contributed by atoms with Gasteiger partial charge in [-0.1, -0.05) is 6.08 Å². The summed E-state index contributed by atoms with van der Waals surface area (Å²) in [4.78, 5) is 5.62. The molecule has 0 amide bonds. The lowest BCUT2D eigenvalue weighted by atomic mass is 10.2. The zero-order chi connectivity index (χ0) is 8.43. The van der Waals surface area contributed by atoms with Crippen LogP contribution in [0.5, 0.6) is 0 Å². The Balaban J connectivity index is 3.13. The molecule has 0 aromatic carbocycles. The summed E-state index contributed by atoms with van der Waals surface area (Å²) in [6.45, 7) is 6.20. The Kier molecular flexibility index (Phi) is 2.84. The van der Waals surface area contributed by atoms with Crippen molar-refractivity contribution >= 4 is 32.8 Å². The topological polar surface area (TPSA) is 12.9 Å². The maximum atomic E-state index is 4.35. The number of aromatic nitrogens is 1.